The van der Waals surface area contributed by atoms with Gasteiger partial charge in [0.15, 0.2) is 0 Å². The van der Waals surface area contributed by atoms with E-state index in [0.717, 1.165) is 61.5 Å². The van der Waals surface area contributed by atoms with Crippen molar-refractivity contribution in [3.8, 4) is 0 Å². The maximum absolute atomic E-state index is 5.27. The van der Waals surface area contributed by atoms with Gasteiger partial charge in [0.2, 0.25) is 0 Å². The van der Waals surface area contributed by atoms with Crippen molar-refractivity contribution in [3.63, 3.8) is 0 Å². The third-order valence-corrected chi connectivity index (χ3v) is 4.63. The number of aromatic nitrogens is 3. The zero-order valence-corrected chi connectivity index (χ0v) is 15.3. The Morgan fingerprint density at radius 2 is 1.79 bits per heavy atom. The molecule has 6 heteroatoms. The fourth-order valence-corrected chi connectivity index (χ4v) is 3.08. The molecule has 1 aliphatic heterocycles. The van der Waals surface area contributed by atoms with E-state index in [2.05, 4.69) is 39.9 Å². The van der Waals surface area contributed by atoms with Gasteiger partial charge in [-0.1, -0.05) is 19.0 Å². The van der Waals surface area contributed by atoms with Crippen LogP contribution in [0.4, 0.5) is 5.82 Å². The molecule has 0 aromatic carbocycles. The molecule has 6 nitrogen and oxygen atoms in total. The van der Waals surface area contributed by atoms with Crippen LogP contribution in [-0.4, -0.2) is 46.2 Å². The van der Waals surface area contributed by atoms with E-state index in [0.29, 0.717) is 5.92 Å². The van der Waals surface area contributed by atoms with Crippen molar-refractivity contribution in [2.75, 3.05) is 31.1 Å². The molecule has 2 aromatic heterocycles. The molecule has 1 fully saturated rings. The highest BCUT2D eigenvalue weighted by Crippen LogP contribution is 2.20. The van der Waals surface area contributed by atoms with E-state index in [-0.39, 0.29) is 0 Å². The van der Waals surface area contributed by atoms with Crippen LogP contribution in [-0.2, 0) is 6.54 Å². The lowest BCUT2D eigenvalue weighted by Crippen LogP contribution is -2.46. The van der Waals surface area contributed by atoms with Gasteiger partial charge in [-0.2, -0.15) is 0 Å². The van der Waals surface area contributed by atoms with Gasteiger partial charge in [0.1, 0.15) is 17.4 Å². The highest BCUT2D eigenvalue weighted by atomic mass is 16.5. The quantitative estimate of drug-likeness (QED) is 0.860. The average Bonchev–Trinajstić information content (AvgIpc) is 2.87. The summed E-state index contributed by atoms with van der Waals surface area (Å²) in [5.74, 6) is 3.28. The van der Waals surface area contributed by atoms with Crippen molar-refractivity contribution in [3.05, 3.63) is 34.6 Å². The Bertz CT molecular complexity index is 682. The van der Waals surface area contributed by atoms with E-state index in [1.54, 1.807) is 0 Å². The molecule has 0 radical (unpaired) electrons. The number of rotatable bonds is 4. The lowest BCUT2D eigenvalue weighted by molar-refractivity contribution is 0.247. The number of nitrogens with zero attached hydrogens (tertiary/aromatic N) is 5. The lowest BCUT2D eigenvalue weighted by atomic mass is 10.1. The first-order valence-corrected chi connectivity index (χ1v) is 8.68. The topological polar surface area (TPSA) is 58.3 Å². The second kappa shape index (κ2) is 6.89. The van der Waals surface area contributed by atoms with Crippen molar-refractivity contribution in [1.29, 1.82) is 0 Å². The van der Waals surface area contributed by atoms with Crippen LogP contribution in [0.1, 0.15) is 48.3 Å². The summed E-state index contributed by atoms with van der Waals surface area (Å²) in [6.45, 7) is 15.2. The van der Waals surface area contributed by atoms with Crippen LogP contribution in [0.5, 0.6) is 0 Å². The van der Waals surface area contributed by atoms with E-state index in [1.807, 2.05) is 20.8 Å². The van der Waals surface area contributed by atoms with Gasteiger partial charge in [-0.3, -0.25) is 4.90 Å². The summed E-state index contributed by atoms with van der Waals surface area (Å²) in [5.41, 5.74) is 3.27. The minimum Gasteiger partial charge on any atom is -0.361 e. The predicted octanol–water partition coefficient (Wildman–Crippen LogP) is 2.84. The van der Waals surface area contributed by atoms with E-state index in [1.165, 1.54) is 5.56 Å². The Morgan fingerprint density at radius 3 is 2.38 bits per heavy atom. The molecular weight excluding hydrogens is 302 g/mol. The molecule has 0 amide bonds. The van der Waals surface area contributed by atoms with Crippen LogP contribution < -0.4 is 4.90 Å². The molecule has 1 aliphatic rings. The molecule has 2 aromatic rings. The van der Waals surface area contributed by atoms with Crippen molar-refractivity contribution in [2.45, 2.75) is 47.1 Å². The van der Waals surface area contributed by atoms with Gasteiger partial charge in [-0.15, -0.1) is 0 Å². The van der Waals surface area contributed by atoms with E-state index < -0.39 is 0 Å². The van der Waals surface area contributed by atoms with Crippen molar-refractivity contribution in [1.82, 2.24) is 20.0 Å². The van der Waals surface area contributed by atoms with Crippen LogP contribution in [0.15, 0.2) is 10.6 Å². The number of anilines is 1. The predicted molar refractivity (Wildman–Crippen MR) is 94.3 cm³/mol. The number of hydrogen-bond donors (Lipinski definition) is 0. The van der Waals surface area contributed by atoms with E-state index in [9.17, 15) is 0 Å². The van der Waals surface area contributed by atoms with Crippen LogP contribution in [0, 0.1) is 20.8 Å². The van der Waals surface area contributed by atoms with Gasteiger partial charge < -0.3 is 9.42 Å². The summed E-state index contributed by atoms with van der Waals surface area (Å²) in [5, 5.41) is 4.05. The van der Waals surface area contributed by atoms with E-state index in [4.69, 9.17) is 9.51 Å². The van der Waals surface area contributed by atoms with E-state index >= 15 is 0 Å². The van der Waals surface area contributed by atoms with Crippen LogP contribution in [0.3, 0.4) is 0 Å². The van der Waals surface area contributed by atoms with Crippen molar-refractivity contribution < 1.29 is 4.52 Å². The van der Waals surface area contributed by atoms with Crippen LogP contribution in [0.2, 0.25) is 0 Å². The van der Waals surface area contributed by atoms with Crippen LogP contribution >= 0.6 is 0 Å². The highest BCUT2D eigenvalue weighted by molar-refractivity contribution is 5.40. The monoisotopic (exact) mass is 329 g/mol. The molecule has 0 spiro atoms. The molecule has 0 atom stereocenters. The Balaban J connectivity index is 1.65. The summed E-state index contributed by atoms with van der Waals surface area (Å²) in [7, 11) is 0. The van der Waals surface area contributed by atoms with Crippen molar-refractivity contribution >= 4 is 5.82 Å². The molecule has 0 N–H and O–H groups in total. The molecule has 130 valence electrons. The third kappa shape index (κ3) is 3.59. The fraction of sp³-hybridized carbons (Fsp3) is 0.611. The summed E-state index contributed by atoms with van der Waals surface area (Å²) in [6, 6.07) is 2.09. The average molecular weight is 329 g/mol. The molecule has 1 saturated heterocycles. The molecule has 3 heterocycles. The number of aryl methyl sites for hydroxylation is 3. The molecular formula is C18H27N5O. The molecule has 0 bridgehead atoms. The lowest BCUT2D eigenvalue weighted by Gasteiger charge is -2.35. The smallest absolute Gasteiger partial charge is 0.138 e. The minimum absolute atomic E-state index is 0.351. The van der Waals surface area contributed by atoms with Gasteiger partial charge in [0.25, 0.3) is 0 Å². The maximum Gasteiger partial charge on any atom is 0.138 e. The fourth-order valence-electron chi connectivity index (χ4n) is 3.08. The van der Waals surface area contributed by atoms with Crippen LogP contribution in [0.25, 0.3) is 0 Å². The molecule has 0 aliphatic carbocycles. The van der Waals surface area contributed by atoms with Gasteiger partial charge >= 0.3 is 0 Å². The minimum atomic E-state index is 0.351. The SMILES string of the molecule is Cc1cc(N2CCN(Cc3c(C)noc3C)CC2)nc(C(C)C)n1. The number of piperazine rings is 1. The summed E-state index contributed by atoms with van der Waals surface area (Å²) in [4.78, 5) is 14.1. The molecule has 3 rings (SSSR count). The first-order chi connectivity index (χ1) is 11.4. The van der Waals surface area contributed by atoms with Gasteiger partial charge in [-0.05, 0) is 20.8 Å². The molecule has 24 heavy (non-hydrogen) atoms. The molecule has 0 saturated carbocycles. The largest absolute Gasteiger partial charge is 0.361 e. The van der Waals surface area contributed by atoms with Gasteiger partial charge in [-0.25, -0.2) is 9.97 Å². The maximum atomic E-state index is 5.27. The highest BCUT2D eigenvalue weighted by Gasteiger charge is 2.21. The Hall–Kier alpha value is -1.95. The Kier molecular flexibility index (Phi) is 4.85. The summed E-state index contributed by atoms with van der Waals surface area (Å²) in [6.07, 6.45) is 0. The summed E-state index contributed by atoms with van der Waals surface area (Å²) >= 11 is 0. The first-order valence-electron chi connectivity index (χ1n) is 8.68. The second-order valence-corrected chi connectivity index (χ2v) is 6.95. The van der Waals surface area contributed by atoms with Crippen molar-refractivity contribution in [2.24, 2.45) is 0 Å². The van der Waals surface area contributed by atoms with Gasteiger partial charge in [0, 0.05) is 56.0 Å². The Morgan fingerprint density at radius 1 is 1.08 bits per heavy atom. The zero-order chi connectivity index (χ0) is 17.3. The first kappa shape index (κ1) is 16.9. The zero-order valence-electron chi connectivity index (χ0n) is 15.3. The van der Waals surface area contributed by atoms with Gasteiger partial charge in [0.05, 0.1) is 5.69 Å². The number of hydrogen-bond acceptors (Lipinski definition) is 6. The standard InChI is InChI=1S/C18H27N5O/c1-12(2)18-19-13(3)10-17(20-18)23-8-6-22(7-9-23)11-16-14(4)21-24-15(16)5/h10,12H,6-9,11H2,1-5H3. The Labute approximate surface area is 143 Å². The second-order valence-electron chi connectivity index (χ2n) is 6.95. The summed E-state index contributed by atoms with van der Waals surface area (Å²) < 4.78 is 5.27. The third-order valence-electron chi connectivity index (χ3n) is 4.63. The molecule has 0 unspecified atom stereocenters. The normalized spacial score (nSPS) is 16.2.